The van der Waals surface area contributed by atoms with E-state index in [0.29, 0.717) is 0 Å². The third-order valence-corrected chi connectivity index (χ3v) is 6.09. The first-order chi connectivity index (χ1) is 12.1. The summed E-state index contributed by atoms with van der Waals surface area (Å²) in [6.45, 7) is 11.3. The zero-order valence-corrected chi connectivity index (χ0v) is 16.6. The van der Waals surface area contributed by atoms with Crippen molar-refractivity contribution in [3.05, 3.63) is 64.3 Å². The molecule has 0 spiro atoms. The van der Waals surface area contributed by atoms with E-state index in [0.717, 1.165) is 18.4 Å². The fourth-order valence-corrected chi connectivity index (χ4v) is 4.56. The lowest BCUT2D eigenvalue weighted by atomic mass is 9.61. The van der Waals surface area contributed by atoms with Crippen LogP contribution >= 0.6 is 0 Å². The highest BCUT2D eigenvalue weighted by atomic mass is 16.4. The first-order valence-electron chi connectivity index (χ1n) is 9.57. The molecule has 1 aromatic rings. The van der Waals surface area contributed by atoms with Gasteiger partial charge in [0.15, 0.2) is 0 Å². The lowest BCUT2D eigenvalue weighted by Gasteiger charge is -2.43. The van der Waals surface area contributed by atoms with Crippen LogP contribution in [0.1, 0.15) is 76.1 Å². The van der Waals surface area contributed by atoms with Gasteiger partial charge in [0, 0.05) is 6.08 Å². The Morgan fingerprint density at radius 1 is 1.08 bits per heavy atom. The fraction of sp³-hybridized carbons (Fsp3) is 0.458. The first kappa shape index (κ1) is 18.7. The minimum absolute atomic E-state index is 0.238. The van der Waals surface area contributed by atoms with Crippen molar-refractivity contribution in [1.82, 2.24) is 0 Å². The molecular formula is C24H30O2. The molecule has 0 unspecified atom stereocenters. The van der Waals surface area contributed by atoms with E-state index >= 15 is 0 Å². The molecule has 138 valence electrons. The van der Waals surface area contributed by atoms with Crippen LogP contribution in [0.25, 0.3) is 5.57 Å². The van der Waals surface area contributed by atoms with E-state index in [9.17, 15) is 4.79 Å². The standard InChI is InChI=1S/C24H30O2/c1-16(15-21(25)26)7-6-8-17-9-10-19-18(17)11-12-20-22(19)24(4,5)14-13-23(20,2)3/h6-8,11-12,15H,9-10,13-14H2,1-5H3,(H,25,26)/b7-6+,16-15+,17-8+. The topological polar surface area (TPSA) is 37.3 Å². The summed E-state index contributed by atoms with van der Waals surface area (Å²) in [5.74, 6) is -0.900. The minimum atomic E-state index is -0.900. The zero-order chi connectivity index (χ0) is 19.1. The largest absolute Gasteiger partial charge is 0.478 e. The summed E-state index contributed by atoms with van der Waals surface area (Å²) in [4.78, 5) is 10.7. The Kier molecular flexibility index (Phi) is 4.72. The summed E-state index contributed by atoms with van der Waals surface area (Å²) in [5, 5.41) is 8.80. The van der Waals surface area contributed by atoms with Crippen LogP contribution in [-0.2, 0) is 22.0 Å². The number of carboxylic acid groups (broad SMARTS) is 1. The van der Waals surface area contributed by atoms with Crippen molar-refractivity contribution in [2.24, 2.45) is 0 Å². The van der Waals surface area contributed by atoms with Crippen LogP contribution < -0.4 is 0 Å². The van der Waals surface area contributed by atoms with E-state index in [1.54, 1.807) is 5.56 Å². The molecule has 3 rings (SSSR count). The molecule has 0 aromatic heterocycles. The molecule has 2 heteroatoms. The second kappa shape index (κ2) is 6.57. The molecule has 0 saturated heterocycles. The smallest absolute Gasteiger partial charge is 0.328 e. The minimum Gasteiger partial charge on any atom is -0.478 e. The van der Waals surface area contributed by atoms with E-state index in [2.05, 4.69) is 45.9 Å². The molecule has 0 heterocycles. The summed E-state index contributed by atoms with van der Waals surface area (Å²) >= 11 is 0. The van der Waals surface area contributed by atoms with Crippen LogP contribution in [0.15, 0.2) is 42.0 Å². The Hall–Kier alpha value is -2.09. The molecule has 2 nitrogen and oxygen atoms in total. The van der Waals surface area contributed by atoms with Gasteiger partial charge in [0.05, 0.1) is 0 Å². The third kappa shape index (κ3) is 3.42. The van der Waals surface area contributed by atoms with Crippen LogP contribution in [0.3, 0.4) is 0 Å². The van der Waals surface area contributed by atoms with Crippen LogP contribution in [0.5, 0.6) is 0 Å². The number of hydrogen-bond acceptors (Lipinski definition) is 1. The van der Waals surface area contributed by atoms with Gasteiger partial charge in [-0.05, 0) is 76.8 Å². The maximum absolute atomic E-state index is 10.7. The van der Waals surface area contributed by atoms with Gasteiger partial charge in [-0.15, -0.1) is 0 Å². The average Bonchev–Trinajstić information content (AvgIpc) is 2.94. The van der Waals surface area contributed by atoms with Crippen molar-refractivity contribution in [1.29, 1.82) is 0 Å². The molecule has 0 atom stereocenters. The molecule has 1 aromatic carbocycles. The normalized spacial score (nSPS) is 22.5. The zero-order valence-electron chi connectivity index (χ0n) is 16.6. The highest BCUT2D eigenvalue weighted by Crippen LogP contribution is 2.50. The highest BCUT2D eigenvalue weighted by Gasteiger charge is 2.40. The van der Waals surface area contributed by atoms with Crippen molar-refractivity contribution >= 4 is 11.5 Å². The number of fused-ring (bicyclic) bond motifs is 3. The highest BCUT2D eigenvalue weighted by molar-refractivity contribution is 5.81. The van der Waals surface area contributed by atoms with Crippen LogP contribution in [0.4, 0.5) is 0 Å². The second-order valence-electron chi connectivity index (χ2n) is 9.06. The maximum Gasteiger partial charge on any atom is 0.328 e. The van der Waals surface area contributed by atoms with E-state index in [1.165, 1.54) is 41.2 Å². The maximum atomic E-state index is 10.7. The number of carboxylic acids is 1. The predicted molar refractivity (Wildman–Crippen MR) is 109 cm³/mol. The monoisotopic (exact) mass is 350 g/mol. The van der Waals surface area contributed by atoms with E-state index in [-0.39, 0.29) is 10.8 Å². The van der Waals surface area contributed by atoms with Gasteiger partial charge in [-0.25, -0.2) is 4.79 Å². The van der Waals surface area contributed by atoms with Gasteiger partial charge >= 0.3 is 5.97 Å². The van der Waals surface area contributed by atoms with E-state index in [1.807, 2.05) is 19.1 Å². The summed E-state index contributed by atoms with van der Waals surface area (Å²) < 4.78 is 0. The van der Waals surface area contributed by atoms with Gasteiger partial charge in [-0.2, -0.15) is 0 Å². The van der Waals surface area contributed by atoms with Crippen molar-refractivity contribution in [2.45, 2.75) is 71.1 Å². The lowest BCUT2D eigenvalue weighted by Crippen LogP contribution is -2.35. The number of allylic oxidation sites excluding steroid dienone is 5. The van der Waals surface area contributed by atoms with Crippen molar-refractivity contribution in [3.8, 4) is 0 Å². The first-order valence-corrected chi connectivity index (χ1v) is 9.57. The number of carbonyl (C=O) groups is 1. The fourth-order valence-electron chi connectivity index (χ4n) is 4.56. The van der Waals surface area contributed by atoms with E-state index in [4.69, 9.17) is 5.11 Å². The second-order valence-corrected chi connectivity index (χ2v) is 9.06. The predicted octanol–water partition coefficient (Wildman–Crippen LogP) is 5.95. The molecule has 2 aliphatic rings. The van der Waals surface area contributed by atoms with Gasteiger partial charge in [0.2, 0.25) is 0 Å². The van der Waals surface area contributed by atoms with E-state index < -0.39 is 5.97 Å². The van der Waals surface area contributed by atoms with Crippen LogP contribution in [0, 0.1) is 0 Å². The Bertz CT molecular complexity index is 832. The summed E-state index contributed by atoms with van der Waals surface area (Å²) in [6.07, 6.45) is 11.9. The molecule has 0 bridgehead atoms. The molecule has 1 N–H and O–H groups in total. The number of hydrogen-bond donors (Lipinski definition) is 1. The number of benzene rings is 1. The van der Waals surface area contributed by atoms with Crippen molar-refractivity contribution < 1.29 is 9.90 Å². The van der Waals surface area contributed by atoms with Gasteiger partial charge in [-0.1, -0.05) is 58.1 Å². The van der Waals surface area contributed by atoms with Gasteiger partial charge in [0.1, 0.15) is 0 Å². The number of aliphatic carboxylic acids is 1. The molecular weight excluding hydrogens is 320 g/mol. The molecule has 26 heavy (non-hydrogen) atoms. The SMILES string of the molecule is CC(/C=C/C=C1\CCc2c1ccc1c2C(C)(C)CCC1(C)C)=C\C(=O)O. The Morgan fingerprint density at radius 2 is 1.77 bits per heavy atom. The van der Waals surface area contributed by atoms with Crippen LogP contribution in [-0.4, -0.2) is 11.1 Å². The van der Waals surface area contributed by atoms with Gasteiger partial charge in [-0.3, -0.25) is 0 Å². The van der Waals surface area contributed by atoms with Gasteiger partial charge < -0.3 is 5.11 Å². The molecule has 0 radical (unpaired) electrons. The Labute approximate surface area is 157 Å². The number of rotatable bonds is 3. The summed E-state index contributed by atoms with van der Waals surface area (Å²) in [5.41, 5.74) is 8.65. The van der Waals surface area contributed by atoms with Crippen molar-refractivity contribution in [2.75, 3.05) is 0 Å². The summed E-state index contributed by atoms with van der Waals surface area (Å²) in [7, 11) is 0. The molecule has 0 saturated carbocycles. The van der Waals surface area contributed by atoms with Crippen LogP contribution in [0.2, 0.25) is 0 Å². The Balaban J connectivity index is 2.00. The van der Waals surface area contributed by atoms with Crippen molar-refractivity contribution in [3.63, 3.8) is 0 Å². The van der Waals surface area contributed by atoms with Gasteiger partial charge in [0.25, 0.3) is 0 Å². The molecule has 0 amide bonds. The Morgan fingerprint density at radius 3 is 2.46 bits per heavy atom. The molecule has 2 aliphatic carbocycles. The average molecular weight is 351 g/mol. The quantitative estimate of drug-likeness (QED) is 0.540. The third-order valence-electron chi connectivity index (χ3n) is 6.09. The lowest BCUT2D eigenvalue weighted by molar-refractivity contribution is -0.131. The summed E-state index contributed by atoms with van der Waals surface area (Å²) in [6, 6.07) is 4.66. The molecule has 0 fully saturated rings. The molecule has 0 aliphatic heterocycles.